The number of pyridine rings is 1. The van der Waals surface area contributed by atoms with Crippen molar-refractivity contribution in [3.63, 3.8) is 0 Å². The Morgan fingerprint density at radius 2 is 2.22 bits per heavy atom. The maximum absolute atomic E-state index is 12.0. The molecule has 0 spiro atoms. The topological polar surface area (TPSA) is 110 Å². The fourth-order valence-corrected chi connectivity index (χ4v) is 2.49. The van der Waals surface area contributed by atoms with Crippen molar-refractivity contribution in [2.45, 2.75) is 11.4 Å². The highest BCUT2D eigenvalue weighted by Gasteiger charge is 2.18. The number of nitrogens with zero attached hydrogens (tertiary/aromatic N) is 1. The van der Waals surface area contributed by atoms with Crippen LogP contribution in [0, 0.1) is 0 Å². The highest BCUT2D eigenvalue weighted by Crippen LogP contribution is 2.18. The Morgan fingerprint density at radius 1 is 1.39 bits per heavy atom. The summed E-state index contributed by atoms with van der Waals surface area (Å²) < 4.78 is 31.3. The molecule has 2 rings (SSSR count). The highest BCUT2D eigenvalue weighted by atomic mass is 32.2. The summed E-state index contributed by atoms with van der Waals surface area (Å²) in [6.45, 7) is 0.137. The summed E-state index contributed by atoms with van der Waals surface area (Å²) in [6, 6.07) is 3.15. The molecular weight excluding hydrogens is 256 g/mol. The van der Waals surface area contributed by atoms with Gasteiger partial charge in [-0.15, -0.1) is 0 Å². The van der Waals surface area contributed by atoms with Crippen molar-refractivity contribution < 1.29 is 12.8 Å². The van der Waals surface area contributed by atoms with Gasteiger partial charge in [-0.25, -0.2) is 13.1 Å². The summed E-state index contributed by atoms with van der Waals surface area (Å²) in [5.74, 6) is 5.25. The molecule has 0 bridgehead atoms. The fraction of sp³-hybridized carbons (Fsp3) is 0.100. The van der Waals surface area contributed by atoms with Crippen LogP contribution in [0.25, 0.3) is 0 Å². The van der Waals surface area contributed by atoms with Gasteiger partial charge in [0.05, 0.1) is 18.2 Å². The van der Waals surface area contributed by atoms with Crippen LogP contribution in [0.3, 0.4) is 0 Å². The van der Waals surface area contributed by atoms with Crippen molar-refractivity contribution in [2.24, 2.45) is 5.84 Å². The third kappa shape index (κ3) is 2.67. The molecule has 0 amide bonds. The van der Waals surface area contributed by atoms with Gasteiger partial charge in [0.25, 0.3) is 0 Å². The Bertz CT molecular complexity index is 610. The number of hydrazine groups is 1. The van der Waals surface area contributed by atoms with E-state index in [1.54, 1.807) is 6.07 Å². The molecule has 0 aliphatic heterocycles. The number of anilines is 1. The number of nitrogens with two attached hydrogens (primary N) is 1. The smallest absolute Gasteiger partial charge is 0.244 e. The first-order valence-corrected chi connectivity index (χ1v) is 6.53. The van der Waals surface area contributed by atoms with Crippen LogP contribution in [0.1, 0.15) is 5.56 Å². The molecular formula is C10H12N4O3S. The molecule has 96 valence electrons. The van der Waals surface area contributed by atoms with Crippen LogP contribution in [0.5, 0.6) is 0 Å². The summed E-state index contributed by atoms with van der Waals surface area (Å²) in [7, 11) is -3.68. The highest BCUT2D eigenvalue weighted by molar-refractivity contribution is 7.89. The maximum atomic E-state index is 12.0. The van der Waals surface area contributed by atoms with Gasteiger partial charge in [-0.3, -0.25) is 10.8 Å². The average molecular weight is 268 g/mol. The molecule has 0 fully saturated rings. The van der Waals surface area contributed by atoms with Crippen molar-refractivity contribution in [1.82, 2.24) is 9.71 Å². The first kappa shape index (κ1) is 12.6. The van der Waals surface area contributed by atoms with E-state index < -0.39 is 10.0 Å². The molecule has 7 nitrogen and oxygen atoms in total. The van der Waals surface area contributed by atoms with Gasteiger partial charge in [0.1, 0.15) is 4.90 Å². The Labute approximate surface area is 104 Å². The number of nitrogens with one attached hydrogen (secondary N) is 2. The minimum absolute atomic E-state index is 0.00371. The van der Waals surface area contributed by atoms with Crippen LogP contribution >= 0.6 is 0 Å². The van der Waals surface area contributed by atoms with Gasteiger partial charge in [-0.2, -0.15) is 0 Å². The average Bonchev–Trinajstić information content (AvgIpc) is 2.89. The predicted octanol–water partition coefficient (Wildman–Crippen LogP) is 0.439. The molecule has 0 atom stereocenters. The number of aromatic nitrogens is 1. The van der Waals surface area contributed by atoms with E-state index in [9.17, 15) is 8.42 Å². The fourth-order valence-electron chi connectivity index (χ4n) is 1.36. The van der Waals surface area contributed by atoms with Crippen LogP contribution in [0.2, 0.25) is 0 Å². The van der Waals surface area contributed by atoms with E-state index in [4.69, 9.17) is 10.3 Å². The van der Waals surface area contributed by atoms with E-state index >= 15 is 0 Å². The zero-order valence-corrected chi connectivity index (χ0v) is 10.1. The van der Waals surface area contributed by atoms with E-state index in [0.717, 1.165) is 5.56 Å². The largest absolute Gasteiger partial charge is 0.472 e. The molecule has 2 aromatic rings. The van der Waals surface area contributed by atoms with Gasteiger partial charge < -0.3 is 9.84 Å². The molecule has 0 aliphatic carbocycles. The lowest BCUT2D eigenvalue weighted by Crippen LogP contribution is -2.25. The van der Waals surface area contributed by atoms with Crippen LogP contribution in [0.4, 0.5) is 5.69 Å². The Balaban J connectivity index is 2.20. The van der Waals surface area contributed by atoms with Crippen LogP contribution < -0.4 is 16.0 Å². The summed E-state index contributed by atoms with van der Waals surface area (Å²) >= 11 is 0. The van der Waals surface area contributed by atoms with Crippen molar-refractivity contribution in [1.29, 1.82) is 0 Å². The molecule has 0 saturated carbocycles. The molecule has 4 N–H and O–H groups in total. The molecule has 0 aromatic carbocycles. The van der Waals surface area contributed by atoms with Crippen molar-refractivity contribution in [3.05, 3.63) is 42.6 Å². The number of sulfonamides is 1. The number of rotatable bonds is 5. The van der Waals surface area contributed by atoms with Crippen molar-refractivity contribution >= 4 is 15.7 Å². The first-order chi connectivity index (χ1) is 8.63. The molecule has 18 heavy (non-hydrogen) atoms. The Kier molecular flexibility index (Phi) is 3.60. The number of hydrogen-bond acceptors (Lipinski definition) is 6. The SMILES string of the molecule is NNc1ccncc1S(=O)(=O)NCc1ccoc1. The third-order valence-electron chi connectivity index (χ3n) is 2.28. The summed E-state index contributed by atoms with van der Waals surface area (Å²) in [5, 5.41) is 0. The van der Waals surface area contributed by atoms with Gasteiger partial charge in [0.2, 0.25) is 10.0 Å². The zero-order valence-electron chi connectivity index (χ0n) is 9.33. The molecule has 0 saturated heterocycles. The molecule has 0 unspecified atom stereocenters. The normalized spacial score (nSPS) is 11.4. The van der Waals surface area contributed by atoms with Gasteiger partial charge >= 0.3 is 0 Å². The van der Waals surface area contributed by atoms with Gasteiger partial charge in [-0.05, 0) is 12.1 Å². The minimum Gasteiger partial charge on any atom is -0.472 e. The second-order valence-corrected chi connectivity index (χ2v) is 5.21. The number of hydrogen-bond donors (Lipinski definition) is 3. The summed E-state index contributed by atoms with van der Waals surface area (Å²) in [6.07, 6.45) is 5.62. The van der Waals surface area contributed by atoms with E-state index in [0.29, 0.717) is 0 Å². The van der Waals surface area contributed by atoms with Crippen LogP contribution in [0.15, 0.2) is 46.4 Å². The number of furan rings is 1. The lowest BCUT2D eigenvalue weighted by atomic mass is 10.4. The summed E-state index contributed by atoms with van der Waals surface area (Å²) in [4.78, 5) is 3.77. The minimum atomic E-state index is -3.68. The Morgan fingerprint density at radius 3 is 2.89 bits per heavy atom. The molecule has 2 heterocycles. The van der Waals surface area contributed by atoms with E-state index in [-0.39, 0.29) is 17.1 Å². The molecule has 0 radical (unpaired) electrons. The van der Waals surface area contributed by atoms with Crippen LogP contribution in [-0.2, 0) is 16.6 Å². The van der Waals surface area contributed by atoms with Crippen molar-refractivity contribution in [3.8, 4) is 0 Å². The van der Waals surface area contributed by atoms with Crippen LogP contribution in [-0.4, -0.2) is 13.4 Å². The Hall–Kier alpha value is -1.90. The molecule has 8 heteroatoms. The maximum Gasteiger partial charge on any atom is 0.244 e. The predicted molar refractivity (Wildman–Crippen MR) is 64.8 cm³/mol. The van der Waals surface area contributed by atoms with Gasteiger partial charge in [0, 0.05) is 24.5 Å². The molecule has 0 aliphatic rings. The summed E-state index contributed by atoms with van der Waals surface area (Å²) in [5.41, 5.74) is 3.33. The molecule has 2 aromatic heterocycles. The van der Waals surface area contributed by atoms with E-state index in [2.05, 4.69) is 15.1 Å². The van der Waals surface area contributed by atoms with E-state index in [1.165, 1.54) is 31.0 Å². The quantitative estimate of drug-likeness (QED) is 0.536. The third-order valence-corrected chi connectivity index (χ3v) is 3.70. The van der Waals surface area contributed by atoms with Crippen molar-refractivity contribution in [2.75, 3.05) is 5.43 Å². The second kappa shape index (κ2) is 5.17. The number of nitrogen functional groups attached to an aromatic ring is 1. The zero-order chi connectivity index (χ0) is 13.0. The van der Waals surface area contributed by atoms with Gasteiger partial charge in [0.15, 0.2) is 0 Å². The lowest BCUT2D eigenvalue weighted by Gasteiger charge is -2.09. The van der Waals surface area contributed by atoms with E-state index in [1.807, 2.05) is 0 Å². The monoisotopic (exact) mass is 268 g/mol. The standard InChI is InChI=1S/C10H12N4O3S/c11-14-9-1-3-12-6-10(9)18(15,16)13-5-8-2-4-17-7-8/h1-4,6-7,13H,5,11H2,(H,12,14). The first-order valence-electron chi connectivity index (χ1n) is 5.05. The lowest BCUT2D eigenvalue weighted by molar-refractivity contribution is 0.561. The second-order valence-electron chi connectivity index (χ2n) is 3.47. The van der Waals surface area contributed by atoms with Gasteiger partial charge in [-0.1, -0.05) is 0 Å².